The molecule has 0 fully saturated rings. The Balaban J connectivity index is 1.82. The molecule has 3 aromatic rings. The monoisotopic (exact) mass is 359 g/mol. The molecule has 0 heterocycles. The molecule has 0 radical (unpaired) electrons. The van der Waals surface area contributed by atoms with Gasteiger partial charge in [-0.15, -0.1) is 0 Å². The molecule has 136 valence electrons. The van der Waals surface area contributed by atoms with Crippen molar-refractivity contribution in [1.82, 2.24) is 0 Å². The number of carboxylic acids is 1. The molecule has 0 saturated carbocycles. The van der Waals surface area contributed by atoms with Crippen LogP contribution in [0.25, 0.3) is 0 Å². The van der Waals surface area contributed by atoms with E-state index in [2.05, 4.69) is 5.32 Å². The van der Waals surface area contributed by atoms with Crippen molar-refractivity contribution in [3.05, 3.63) is 101 Å². The second-order valence-electron chi connectivity index (χ2n) is 6.48. The number of rotatable bonds is 7. The van der Waals surface area contributed by atoms with Gasteiger partial charge in [0.2, 0.25) is 0 Å². The summed E-state index contributed by atoms with van der Waals surface area (Å²) in [6, 6.07) is 23.7. The van der Waals surface area contributed by atoms with E-state index in [-0.39, 0.29) is 17.4 Å². The van der Waals surface area contributed by atoms with E-state index in [4.69, 9.17) is 5.11 Å². The largest absolute Gasteiger partial charge is 0.478 e. The number of carboxylic acid groups (broad SMARTS) is 1. The van der Waals surface area contributed by atoms with E-state index in [9.17, 15) is 9.59 Å². The lowest BCUT2D eigenvalue weighted by Crippen LogP contribution is -2.16. The molecule has 4 heteroatoms. The van der Waals surface area contributed by atoms with E-state index < -0.39 is 5.97 Å². The molecule has 0 aromatic heterocycles. The maximum Gasteiger partial charge on any atom is 0.335 e. The molecule has 0 amide bonds. The Kier molecular flexibility index (Phi) is 5.67. The fraction of sp³-hybridized carbons (Fsp3) is 0.130. The molecule has 0 aliphatic heterocycles. The minimum absolute atomic E-state index is 0.0542. The summed E-state index contributed by atoms with van der Waals surface area (Å²) in [7, 11) is 0. The first-order chi connectivity index (χ1) is 13.0. The van der Waals surface area contributed by atoms with Gasteiger partial charge in [-0.05, 0) is 36.8 Å². The minimum Gasteiger partial charge on any atom is -0.478 e. The average Bonchev–Trinajstić information content (AvgIpc) is 2.69. The van der Waals surface area contributed by atoms with E-state index in [1.807, 2.05) is 61.5 Å². The number of hydrogen-bond donors (Lipinski definition) is 2. The van der Waals surface area contributed by atoms with Crippen molar-refractivity contribution in [3.8, 4) is 0 Å². The predicted molar refractivity (Wildman–Crippen MR) is 106 cm³/mol. The first kappa shape index (κ1) is 18.4. The highest BCUT2D eigenvalue weighted by Crippen LogP contribution is 2.25. The Labute approximate surface area is 158 Å². The third kappa shape index (κ3) is 4.82. The minimum atomic E-state index is -0.962. The van der Waals surface area contributed by atoms with Crippen molar-refractivity contribution in [2.24, 2.45) is 0 Å². The van der Waals surface area contributed by atoms with Gasteiger partial charge in [0.05, 0.1) is 11.6 Å². The van der Waals surface area contributed by atoms with Crippen molar-refractivity contribution < 1.29 is 14.7 Å². The molecule has 1 atom stereocenters. The van der Waals surface area contributed by atoms with E-state index in [1.54, 1.807) is 24.3 Å². The van der Waals surface area contributed by atoms with Gasteiger partial charge in [-0.25, -0.2) is 4.79 Å². The van der Waals surface area contributed by atoms with Gasteiger partial charge in [0.15, 0.2) is 5.78 Å². The summed E-state index contributed by atoms with van der Waals surface area (Å²) >= 11 is 0. The lowest BCUT2D eigenvalue weighted by molar-refractivity contribution is 0.0696. The summed E-state index contributed by atoms with van der Waals surface area (Å²) in [6.45, 7) is 1.99. The summed E-state index contributed by atoms with van der Waals surface area (Å²) in [5.41, 5.74) is 3.80. The molecule has 0 aliphatic rings. The number of nitrogens with one attached hydrogen (secondary N) is 1. The highest BCUT2D eigenvalue weighted by molar-refractivity contribution is 5.96. The maximum absolute atomic E-state index is 12.8. The van der Waals surface area contributed by atoms with Crippen LogP contribution in [-0.4, -0.2) is 16.9 Å². The lowest BCUT2D eigenvalue weighted by Gasteiger charge is -2.20. The highest BCUT2D eigenvalue weighted by Gasteiger charge is 2.17. The Hall–Kier alpha value is -3.40. The molecule has 0 bridgehead atoms. The number of ketones is 1. The summed E-state index contributed by atoms with van der Waals surface area (Å²) < 4.78 is 0. The van der Waals surface area contributed by atoms with E-state index in [1.165, 1.54) is 0 Å². The SMILES string of the molecule is Cc1ccc(C(=O)CC(Nc2ccc(C(=O)O)cc2)c2ccccc2)cc1. The molecule has 2 N–H and O–H groups in total. The van der Waals surface area contributed by atoms with Crippen molar-refractivity contribution in [1.29, 1.82) is 0 Å². The molecule has 4 nitrogen and oxygen atoms in total. The number of aromatic carboxylic acids is 1. The van der Waals surface area contributed by atoms with Crippen LogP contribution < -0.4 is 5.32 Å². The van der Waals surface area contributed by atoms with Gasteiger partial charge in [-0.2, -0.15) is 0 Å². The zero-order chi connectivity index (χ0) is 19.2. The zero-order valence-electron chi connectivity index (χ0n) is 15.1. The molecule has 0 aliphatic carbocycles. The average molecular weight is 359 g/mol. The van der Waals surface area contributed by atoms with Crippen LogP contribution in [0.1, 0.15) is 44.3 Å². The summed E-state index contributed by atoms with van der Waals surface area (Å²) in [5, 5.41) is 12.4. The van der Waals surface area contributed by atoms with E-state index in [0.717, 1.165) is 16.8 Å². The Morgan fingerprint density at radius 3 is 2.04 bits per heavy atom. The summed E-state index contributed by atoms with van der Waals surface area (Å²) in [6.07, 6.45) is 0.299. The van der Waals surface area contributed by atoms with Crippen LogP contribution >= 0.6 is 0 Å². The Morgan fingerprint density at radius 2 is 1.44 bits per heavy atom. The number of anilines is 1. The van der Waals surface area contributed by atoms with Crippen molar-refractivity contribution in [2.75, 3.05) is 5.32 Å². The standard InChI is InChI=1S/C23H21NO3/c1-16-7-9-18(10-8-16)22(25)15-21(17-5-3-2-4-6-17)24-20-13-11-19(12-14-20)23(26)27/h2-14,21,24H,15H2,1H3,(H,26,27). The number of Topliss-reactive ketones (excluding diaryl/α,β-unsaturated/α-hetero) is 1. The van der Waals surface area contributed by atoms with Crippen LogP contribution in [0.15, 0.2) is 78.9 Å². The fourth-order valence-corrected chi connectivity index (χ4v) is 2.89. The summed E-state index contributed by atoms with van der Waals surface area (Å²) in [4.78, 5) is 23.8. The van der Waals surface area contributed by atoms with Crippen LogP contribution in [-0.2, 0) is 0 Å². The molecule has 0 saturated heterocycles. The highest BCUT2D eigenvalue weighted by atomic mass is 16.4. The number of benzene rings is 3. The second kappa shape index (κ2) is 8.32. The van der Waals surface area contributed by atoms with Gasteiger partial charge >= 0.3 is 5.97 Å². The van der Waals surface area contributed by atoms with Crippen molar-refractivity contribution in [2.45, 2.75) is 19.4 Å². The molecule has 3 rings (SSSR count). The quantitative estimate of drug-likeness (QED) is 0.575. The van der Waals surface area contributed by atoms with Crippen LogP contribution in [0.3, 0.4) is 0 Å². The third-order valence-corrected chi connectivity index (χ3v) is 4.44. The number of hydrogen-bond acceptors (Lipinski definition) is 3. The molecule has 0 spiro atoms. The summed E-state index contributed by atoms with van der Waals surface area (Å²) in [5.74, 6) is -0.908. The van der Waals surface area contributed by atoms with Crippen LogP contribution in [0.5, 0.6) is 0 Å². The van der Waals surface area contributed by atoms with Crippen molar-refractivity contribution >= 4 is 17.4 Å². The van der Waals surface area contributed by atoms with Gasteiger partial charge in [-0.3, -0.25) is 4.79 Å². The predicted octanol–water partition coefficient (Wildman–Crippen LogP) is 5.12. The van der Waals surface area contributed by atoms with Crippen LogP contribution in [0.2, 0.25) is 0 Å². The van der Waals surface area contributed by atoms with Gasteiger partial charge < -0.3 is 10.4 Å². The van der Waals surface area contributed by atoms with E-state index >= 15 is 0 Å². The van der Waals surface area contributed by atoms with Gasteiger partial charge in [0.25, 0.3) is 0 Å². The normalized spacial score (nSPS) is 11.6. The van der Waals surface area contributed by atoms with Gasteiger partial charge in [0.1, 0.15) is 0 Å². The van der Waals surface area contributed by atoms with E-state index in [0.29, 0.717) is 12.0 Å². The first-order valence-corrected chi connectivity index (χ1v) is 8.77. The van der Waals surface area contributed by atoms with Gasteiger partial charge in [0, 0.05) is 17.7 Å². The fourth-order valence-electron chi connectivity index (χ4n) is 2.89. The van der Waals surface area contributed by atoms with Gasteiger partial charge in [-0.1, -0.05) is 60.2 Å². The topological polar surface area (TPSA) is 66.4 Å². The number of aryl methyl sites for hydroxylation is 1. The zero-order valence-corrected chi connectivity index (χ0v) is 15.1. The third-order valence-electron chi connectivity index (χ3n) is 4.44. The van der Waals surface area contributed by atoms with Crippen molar-refractivity contribution in [3.63, 3.8) is 0 Å². The molecular weight excluding hydrogens is 338 g/mol. The van der Waals surface area contributed by atoms with Crippen LogP contribution in [0, 0.1) is 6.92 Å². The first-order valence-electron chi connectivity index (χ1n) is 8.77. The molecule has 1 unspecified atom stereocenters. The Bertz CT molecular complexity index is 916. The second-order valence-corrected chi connectivity index (χ2v) is 6.48. The molecule has 3 aromatic carbocycles. The molecular formula is C23H21NO3. The lowest BCUT2D eigenvalue weighted by atomic mass is 9.97. The number of carbonyl (C=O) groups is 2. The maximum atomic E-state index is 12.8. The van der Waals surface area contributed by atoms with Crippen LogP contribution in [0.4, 0.5) is 5.69 Å². The Morgan fingerprint density at radius 1 is 0.852 bits per heavy atom. The number of carbonyl (C=O) groups excluding carboxylic acids is 1. The molecule has 27 heavy (non-hydrogen) atoms. The smallest absolute Gasteiger partial charge is 0.335 e.